The van der Waals surface area contributed by atoms with Crippen LogP contribution < -0.4 is 31.0 Å². The fourth-order valence-corrected chi connectivity index (χ4v) is 3.77. The average Bonchev–Trinajstić information content (AvgIpc) is 2.84. The Morgan fingerprint density at radius 2 is 1.76 bits per heavy atom. The number of ether oxygens (including phenoxy) is 2. The van der Waals surface area contributed by atoms with Gasteiger partial charge in [0.25, 0.3) is 5.91 Å². The number of carbonyl (C=O) groups is 2. The molecule has 0 saturated heterocycles. The number of aliphatic imine (C=N–C) groups is 1. The van der Waals surface area contributed by atoms with Gasteiger partial charge in [0.05, 0.1) is 25.5 Å². The van der Waals surface area contributed by atoms with Crippen LogP contribution in [0.1, 0.15) is 21.6 Å². The van der Waals surface area contributed by atoms with Gasteiger partial charge in [-0.3, -0.25) is 14.9 Å². The van der Waals surface area contributed by atoms with Crippen LogP contribution >= 0.6 is 0 Å². The Morgan fingerprint density at radius 3 is 2.43 bits per heavy atom. The number of methoxy groups -OCH3 is 2. The lowest BCUT2D eigenvalue weighted by Crippen LogP contribution is -2.37. The summed E-state index contributed by atoms with van der Waals surface area (Å²) >= 11 is 0. The lowest BCUT2D eigenvalue weighted by molar-refractivity contribution is -0.119. The van der Waals surface area contributed by atoms with Gasteiger partial charge in [0.15, 0.2) is 17.3 Å². The Morgan fingerprint density at radius 1 is 1.03 bits per heavy atom. The first-order valence-electron chi connectivity index (χ1n) is 10.8. The second kappa shape index (κ2) is 11.5. The van der Waals surface area contributed by atoms with E-state index in [-0.39, 0.29) is 34.5 Å². The van der Waals surface area contributed by atoms with Crippen LogP contribution in [0.15, 0.2) is 64.5 Å². The van der Waals surface area contributed by atoms with Crippen LogP contribution in [0.4, 0.5) is 11.5 Å². The van der Waals surface area contributed by atoms with Crippen LogP contribution in [0, 0.1) is 6.92 Å². The predicted molar refractivity (Wildman–Crippen MR) is 137 cm³/mol. The van der Waals surface area contributed by atoms with E-state index in [0.717, 1.165) is 0 Å². The molecule has 2 aromatic carbocycles. The third kappa shape index (κ3) is 7.25. The summed E-state index contributed by atoms with van der Waals surface area (Å²) in [6.45, 7) is 1.70. The molecule has 1 heterocycles. The number of hydrogen-bond acceptors (Lipinski definition) is 8. The predicted octanol–water partition coefficient (Wildman–Crippen LogP) is 1.61. The Hall–Kier alpha value is -4.49. The van der Waals surface area contributed by atoms with Crippen molar-refractivity contribution in [2.75, 3.05) is 19.5 Å². The van der Waals surface area contributed by atoms with E-state index < -0.39 is 21.8 Å². The van der Waals surface area contributed by atoms with Crippen molar-refractivity contribution in [3.8, 4) is 11.5 Å². The topological polar surface area (TPSA) is 188 Å². The number of amides is 2. The normalized spacial score (nSPS) is 11.5. The molecule has 0 atom stereocenters. The van der Waals surface area contributed by atoms with Crippen LogP contribution in [0.5, 0.6) is 11.5 Å². The van der Waals surface area contributed by atoms with Crippen molar-refractivity contribution in [1.82, 2.24) is 10.3 Å². The van der Waals surface area contributed by atoms with E-state index in [0.29, 0.717) is 22.6 Å². The van der Waals surface area contributed by atoms with Crippen molar-refractivity contribution < 1.29 is 27.5 Å². The number of guanidine groups is 1. The zero-order valence-corrected chi connectivity index (χ0v) is 21.1. The minimum Gasteiger partial charge on any atom is -0.493 e. The molecule has 0 spiro atoms. The molecule has 6 N–H and O–H groups in total. The first-order chi connectivity index (χ1) is 17.5. The van der Waals surface area contributed by atoms with Gasteiger partial charge in [-0.25, -0.2) is 18.5 Å². The lowest BCUT2D eigenvalue weighted by Gasteiger charge is -2.10. The number of nitrogens with one attached hydrogen (secondary N) is 2. The number of carbonyl (C=O) groups excluding carboxylic acids is 2. The Kier molecular flexibility index (Phi) is 8.42. The molecule has 0 bridgehead atoms. The molecule has 3 aromatic rings. The molecule has 2 amide bonds. The molecule has 0 aliphatic rings. The van der Waals surface area contributed by atoms with Crippen molar-refractivity contribution in [2.24, 2.45) is 15.9 Å². The maximum Gasteiger partial charge on any atom is 0.274 e. The van der Waals surface area contributed by atoms with Crippen LogP contribution in [-0.4, -0.2) is 45.4 Å². The van der Waals surface area contributed by atoms with Gasteiger partial charge in [-0.15, -0.1) is 0 Å². The first-order valence-corrected chi connectivity index (χ1v) is 12.3. The zero-order chi connectivity index (χ0) is 27.2. The maximum atomic E-state index is 12.7. The minimum atomic E-state index is -3.94. The monoisotopic (exact) mass is 526 g/mol. The maximum absolute atomic E-state index is 12.7. The number of benzene rings is 2. The molecular formula is C24H26N6O6S. The molecule has 0 aliphatic heterocycles. The van der Waals surface area contributed by atoms with Crippen LogP contribution in [0.25, 0.3) is 0 Å². The van der Waals surface area contributed by atoms with Crippen molar-refractivity contribution in [2.45, 2.75) is 18.2 Å². The minimum absolute atomic E-state index is 0.00336. The SMILES string of the molecule is COc1ccc(CC(=O)NC(N)=Nc2cccc(C(=O)Nc3cc(S(N)(=O)=O)ccc3C)n2)cc1OC. The van der Waals surface area contributed by atoms with Gasteiger partial charge in [-0.1, -0.05) is 18.2 Å². The van der Waals surface area contributed by atoms with E-state index in [1.165, 1.54) is 50.6 Å². The van der Waals surface area contributed by atoms with Gasteiger partial charge >= 0.3 is 0 Å². The molecule has 194 valence electrons. The number of nitrogens with zero attached hydrogens (tertiary/aromatic N) is 2. The molecule has 12 nitrogen and oxygen atoms in total. The van der Waals surface area contributed by atoms with Crippen molar-refractivity contribution >= 4 is 39.3 Å². The van der Waals surface area contributed by atoms with E-state index in [4.69, 9.17) is 20.3 Å². The zero-order valence-electron chi connectivity index (χ0n) is 20.3. The third-order valence-electron chi connectivity index (χ3n) is 5.07. The van der Waals surface area contributed by atoms with E-state index >= 15 is 0 Å². The fourth-order valence-electron chi connectivity index (χ4n) is 3.23. The second-order valence-corrected chi connectivity index (χ2v) is 9.33. The largest absolute Gasteiger partial charge is 0.493 e. The number of pyridine rings is 1. The second-order valence-electron chi connectivity index (χ2n) is 7.77. The summed E-state index contributed by atoms with van der Waals surface area (Å²) in [7, 11) is -0.933. The molecule has 3 rings (SSSR count). The summed E-state index contributed by atoms with van der Waals surface area (Å²) in [6, 6.07) is 13.7. The summed E-state index contributed by atoms with van der Waals surface area (Å²) in [5.74, 6) is -0.149. The van der Waals surface area contributed by atoms with Gasteiger partial charge in [-0.2, -0.15) is 4.99 Å². The van der Waals surface area contributed by atoms with Gasteiger partial charge in [0.2, 0.25) is 21.9 Å². The highest BCUT2D eigenvalue weighted by Gasteiger charge is 2.14. The van der Waals surface area contributed by atoms with Gasteiger partial charge in [-0.05, 0) is 54.4 Å². The standard InChI is InChI=1S/C24H26N6O6S/c1-14-7-9-16(37(26,33)34)13-18(14)28-23(32)17-5-4-6-21(27-17)29-24(25)30-22(31)12-15-8-10-19(35-2)20(11-15)36-3/h4-11,13H,12H2,1-3H3,(H,28,32)(H2,26,33,34)(H3,25,27,29,30,31). The highest BCUT2D eigenvalue weighted by atomic mass is 32.2. The highest BCUT2D eigenvalue weighted by molar-refractivity contribution is 7.89. The van der Waals surface area contributed by atoms with E-state index in [1.807, 2.05) is 0 Å². The first kappa shape index (κ1) is 27.1. The number of aromatic nitrogens is 1. The van der Waals surface area contributed by atoms with Crippen molar-refractivity contribution in [3.63, 3.8) is 0 Å². The number of aryl methyl sites for hydroxylation is 1. The molecule has 13 heteroatoms. The summed E-state index contributed by atoms with van der Waals surface area (Å²) in [5.41, 5.74) is 7.39. The summed E-state index contributed by atoms with van der Waals surface area (Å²) < 4.78 is 33.7. The number of anilines is 1. The molecule has 0 unspecified atom stereocenters. The van der Waals surface area contributed by atoms with Gasteiger partial charge in [0, 0.05) is 5.69 Å². The molecule has 1 aromatic heterocycles. The third-order valence-corrected chi connectivity index (χ3v) is 5.98. The van der Waals surface area contributed by atoms with Gasteiger partial charge in [0.1, 0.15) is 5.69 Å². The van der Waals surface area contributed by atoms with Crippen molar-refractivity contribution in [3.05, 3.63) is 71.4 Å². The highest BCUT2D eigenvalue weighted by Crippen LogP contribution is 2.27. The number of hydrogen-bond donors (Lipinski definition) is 4. The lowest BCUT2D eigenvalue weighted by atomic mass is 10.1. The quantitative estimate of drug-likeness (QED) is 0.251. The molecule has 0 radical (unpaired) electrons. The number of sulfonamides is 1. The van der Waals surface area contributed by atoms with Gasteiger partial charge < -0.3 is 20.5 Å². The Labute approximate surface area is 213 Å². The molecule has 0 fully saturated rings. The summed E-state index contributed by atoms with van der Waals surface area (Å²) in [4.78, 5) is 33.2. The molecule has 0 aliphatic carbocycles. The average molecular weight is 527 g/mol. The van der Waals surface area contributed by atoms with Crippen LogP contribution in [-0.2, 0) is 21.2 Å². The number of primary sulfonamides is 1. The van der Waals surface area contributed by atoms with Crippen LogP contribution in [0.3, 0.4) is 0 Å². The fraction of sp³-hybridized carbons (Fsp3) is 0.167. The van der Waals surface area contributed by atoms with Crippen LogP contribution in [0.2, 0.25) is 0 Å². The number of rotatable bonds is 8. The van der Waals surface area contributed by atoms with E-state index in [1.54, 1.807) is 25.1 Å². The number of nitrogens with two attached hydrogens (primary N) is 2. The Balaban J connectivity index is 1.70. The Bertz CT molecular complexity index is 1470. The molecule has 37 heavy (non-hydrogen) atoms. The summed E-state index contributed by atoms with van der Waals surface area (Å²) in [5, 5.41) is 10.2. The smallest absolute Gasteiger partial charge is 0.274 e. The van der Waals surface area contributed by atoms with E-state index in [9.17, 15) is 18.0 Å². The van der Waals surface area contributed by atoms with Crippen molar-refractivity contribution in [1.29, 1.82) is 0 Å². The molecular weight excluding hydrogens is 500 g/mol. The van der Waals surface area contributed by atoms with E-state index in [2.05, 4.69) is 20.6 Å². The molecule has 0 saturated carbocycles. The summed E-state index contributed by atoms with van der Waals surface area (Å²) in [6.07, 6.45) is 0.00336.